The van der Waals surface area contributed by atoms with E-state index in [1.807, 2.05) is 0 Å². The van der Waals surface area contributed by atoms with E-state index in [1.165, 1.54) is 0 Å². The Morgan fingerprint density at radius 2 is 0.214 bits per heavy atom. The fourth-order valence-corrected chi connectivity index (χ4v) is 0. The van der Waals surface area contributed by atoms with Crippen LogP contribution in [-0.2, 0) is 67.0 Å². The van der Waals surface area contributed by atoms with Crippen LogP contribution in [-0.4, -0.2) is 0 Å². The van der Waals surface area contributed by atoms with Gasteiger partial charge < -0.3 is 32.9 Å². The third-order valence-electron chi connectivity index (χ3n) is 0. The van der Waals surface area contributed by atoms with Crippen molar-refractivity contribution in [1.82, 2.24) is 0 Å². The second-order valence-electron chi connectivity index (χ2n) is 0. The average molecular weight is 440 g/mol. The van der Waals surface area contributed by atoms with Crippen LogP contribution in [0.15, 0.2) is 0 Å². The molecule has 0 atom stereocenters. The molecule has 0 aliphatic carbocycles. The van der Waals surface area contributed by atoms with Gasteiger partial charge in [-0.25, -0.2) is 0 Å². The molecule has 0 saturated heterocycles. The monoisotopic (exact) mass is 440 g/mol. The van der Waals surface area contributed by atoms with E-state index in [4.69, 9.17) is 0 Å². The zero-order valence-electron chi connectivity index (χ0n) is 9.21. The Hall–Kier alpha value is 10.6. The van der Waals surface area contributed by atoms with Crippen LogP contribution in [0.3, 0.4) is 0 Å². The van der Waals surface area contributed by atoms with Crippen LogP contribution in [0.4, 0.5) is 0 Å². The van der Waals surface area contributed by atoms with Crippen molar-refractivity contribution >= 4 is 0 Å². The molecule has 0 saturated carbocycles. The van der Waals surface area contributed by atoms with Crippen molar-refractivity contribution in [2.75, 3.05) is 0 Å². The van der Waals surface area contributed by atoms with Gasteiger partial charge in [0.25, 0.3) is 0 Å². The van der Waals surface area contributed by atoms with E-state index in [2.05, 4.69) is 0 Å². The zero-order valence-corrected chi connectivity index (χ0v) is 30.3. The van der Waals surface area contributed by atoms with Crippen LogP contribution < -0.4 is 308 Å². The Bertz CT molecular complexity index is 20.3. The summed E-state index contributed by atoms with van der Waals surface area (Å²) in [5, 5.41) is 0. The van der Waals surface area contributed by atoms with Crippen molar-refractivity contribution < 1.29 is 375 Å². The first-order valence-corrected chi connectivity index (χ1v) is 0. The fourth-order valence-electron chi connectivity index (χ4n) is 0. The third-order valence-corrected chi connectivity index (χ3v) is 0. The first-order chi connectivity index (χ1) is 0. The molecule has 0 radical (unpaired) electrons. The maximum Gasteiger partial charge on any atom is 3.00 e. The van der Waals surface area contributed by atoms with Gasteiger partial charge in [0.1, 0.15) is 0 Å². The van der Waals surface area contributed by atoms with Crippen LogP contribution in [0.2, 0.25) is 0 Å². The molecule has 0 aliphatic heterocycles. The average Bonchev–Trinajstić information content (AvgIpc) is 0. The van der Waals surface area contributed by atoms with Crippen LogP contribution in [0.5, 0.6) is 0 Å². The maximum absolute atomic E-state index is 0. The van der Waals surface area contributed by atoms with E-state index in [0.717, 1.165) is 0 Å². The van der Waals surface area contributed by atoms with Crippen LogP contribution >= 0.6 is 0 Å². The molecule has 0 aromatic rings. The molecule has 0 N–H and O–H groups in total. The predicted molar refractivity (Wildman–Crippen MR) is 4.12 cm³/mol. The summed E-state index contributed by atoms with van der Waals surface area (Å²) in [6, 6.07) is 0. The summed E-state index contributed by atoms with van der Waals surface area (Å²) < 4.78 is 0. The van der Waals surface area contributed by atoms with Gasteiger partial charge in [-0.2, -0.15) is 0 Å². The minimum absolute atomic E-state index is 0. The van der Waals surface area contributed by atoms with Crippen LogP contribution in [0.1, 0.15) is 0 Å². The Morgan fingerprint density at radius 3 is 0.214 bits per heavy atom. The molecule has 14 heavy (non-hydrogen) atoms. The van der Waals surface area contributed by atoms with Crippen molar-refractivity contribution in [3.05, 3.63) is 0 Å². The minimum Gasteiger partial charge on any atom is -2.00 e. The molecule has 0 rings (SSSR count). The first kappa shape index (κ1) is 122. The van der Waals surface area contributed by atoms with Gasteiger partial charge in [-0.3, -0.25) is 0 Å². The zero-order chi connectivity index (χ0) is 0. The molecule has 0 heterocycles. The largest absolute Gasteiger partial charge is 3.00 e. The summed E-state index contributed by atoms with van der Waals surface area (Å²) in [6.07, 6.45) is 0. The Balaban J connectivity index is 0. The van der Waals surface area contributed by atoms with Crippen molar-refractivity contribution in [2.45, 2.75) is 0 Å². The summed E-state index contributed by atoms with van der Waals surface area (Å²) in [5.74, 6) is 0. The van der Waals surface area contributed by atoms with Crippen molar-refractivity contribution in [2.24, 2.45) is 0 Å². The smallest absolute Gasteiger partial charge is 2.00 e. The van der Waals surface area contributed by atoms with Gasteiger partial charge in [0, 0.05) is 0 Å². The van der Waals surface area contributed by atoms with E-state index in [1.54, 1.807) is 0 Å². The second kappa shape index (κ2) is 107. The molecule has 56 valence electrons. The van der Waals surface area contributed by atoms with Gasteiger partial charge in [-0.05, 0) is 0 Å². The summed E-state index contributed by atoms with van der Waals surface area (Å²) in [6.45, 7) is 0. The molecule has 0 aromatic carbocycles. The summed E-state index contributed by atoms with van der Waals surface area (Å²) >= 11 is 0. The van der Waals surface area contributed by atoms with Gasteiger partial charge >= 0.3 is 342 Å². The van der Waals surface area contributed by atoms with Gasteiger partial charge in [0.05, 0.1) is 0 Å². The first-order valence-electron chi connectivity index (χ1n) is 0. The number of hydrogen-bond acceptors (Lipinski definition) is 0. The topological polar surface area (TPSA) is 171 Å². The van der Waals surface area contributed by atoms with Crippen molar-refractivity contribution in [3.63, 3.8) is 0 Å². The molecular formula is K6Mn2O6. The van der Waals surface area contributed by atoms with E-state index < -0.39 is 0 Å². The van der Waals surface area contributed by atoms with E-state index in [9.17, 15) is 0 Å². The molecule has 0 fully saturated rings. The number of rotatable bonds is 0. The second-order valence-corrected chi connectivity index (χ2v) is 0. The molecule has 0 amide bonds. The molecule has 0 aromatic heterocycles. The van der Waals surface area contributed by atoms with Gasteiger partial charge in [-0.1, -0.05) is 0 Å². The summed E-state index contributed by atoms with van der Waals surface area (Å²) in [7, 11) is 0. The standard InChI is InChI=1S/6K.2Mn.6O/q6*+1;2*+3;6*-2. The van der Waals surface area contributed by atoms with Gasteiger partial charge in [-0.15, -0.1) is 0 Å². The quantitative estimate of drug-likeness (QED) is 0.326. The number of hydrogen-bond donors (Lipinski definition) is 0. The van der Waals surface area contributed by atoms with E-state index in [-0.39, 0.29) is 375 Å². The normalized spacial score (nSPS) is 0. The molecule has 0 unspecified atom stereocenters. The minimum atomic E-state index is 0. The van der Waals surface area contributed by atoms with Crippen molar-refractivity contribution in [3.8, 4) is 0 Å². The Kier molecular flexibility index (Phi) is 932. The maximum atomic E-state index is 0. The Morgan fingerprint density at radius 1 is 0.214 bits per heavy atom. The predicted octanol–water partition coefficient (Wildman–Crippen LogP) is -18.7. The molecule has 6 nitrogen and oxygen atoms in total. The Labute approximate surface area is 361 Å². The van der Waals surface area contributed by atoms with Crippen molar-refractivity contribution in [1.29, 1.82) is 0 Å². The molecule has 0 bridgehead atoms. The van der Waals surface area contributed by atoms with Gasteiger partial charge in [0.15, 0.2) is 0 Å². The third kappa shape index (κ3) is 93.8. The van der Waals surface area contributed by atoms with E-state index >= 15 is 0 Å². The molecule has 14 heteroatoms. The SMILES string of the molecule is [K+].[K+].[K+].[K+].[K+].[K+].[Mn+3].[Mn+3].[O-2].[O-2].[O-2].[O-2].[O-2].[O-2]. The summed E-state index contributed by atoms with van der Waals surface area (Å²) in [5.41, 5.74) is 0. The summed E-state index contributed by atoms with van der Waals surface area (Å²) in [4.78, 5) is 0. The van der Waals surface area contributed by atoms with Crippen LogP contribution in [0, 0.1) is 0 Å². The molecular weight excluding hydrogens is 440 g/mol. The molecule has 0 aliphatic rings. The van der Waals surface area contributed by atoms with Crippen LogP contribution in [0.25, 0.3) is 0 Å². The fraction of sp³-hybridized carbons (Fsp3) is 0. The van der Waals surface area contributed by atoms with Gasteiger partial charge in [0.2, 0.25) is 0 Å². The molecule has 0 spiro atoms. The van der Waals surface area contributed by atoms with E-state index in [0.29, 0.717) is 0 Å².